The van der Waals surface area contributed by atoms with Gasteiger partial charge in [-0.3, -0.25) is 9.89 Å². The van der Waals surface area contributed by atoms with Gasteiger partial charge in [-0.2, -0.15) is 5.10 Å². The molecule has 1 heterocycles. The molecule has 0 radical (unpaired) electrons. The molecule has 0 saturated heterocycles. The molecule has 4 nitrogen and oxygen atoms in total. The lowest BCUT2D eigenvalue weighted by molar-refractivity contribution is -0.141. The van der Waals surface area contributed by atoms with Crippen molar-refractivity contribution in [2.75, 3.05) is 0 Å². The second-order valence-electron chi connectivity index (χ2n) is 4.43. The summed E-state index contributed by atoms with van der Waals surface area (Å²) in [6, 6.07) is 1.96. The maximum atomic E-state index is 10.7. The fourth-order valence-corrected chi connectivity index (χ4v) is 1.46. The van der Waals surface area contributed by atoms with Crippen molar-refractivity contribution in [1.82, 2.24) is 10.2 Å². The average Bonchev–Trinajstić information content (AvgIpc) is 2.51. The van der Waals surface area contributed by atoms with E-state index in [-0.39, 0.29) is 5.92 Å². The minimum Gasteiger partial charge on any atom is -0.481 e. The molecule has 0 amide bonds. The Morgan fingerprint density at radius 1 is 1.47 bits per heavy atom. The second kappa shape index (κ2) is 4.96. The van der Waals surface area contributed by atoms with Gasteiger partial charge in [-0.25, -0.2) is 0 Å². The lowest BCUT2D eigenvalue weighted by Gasteiger charge is -2.01. The molecule has 0 fully saturated rings. The Labute approximate surface area is 89.7 Å². The van der Waals surface area contributed by atoms with E-state index < -0.39 is 5.97 Å². The van der Waals surface area contributed by atoms with Crippen LogP contribution in [0.3, 0.4) is 0 Å². The molecule has 84 valence electrons. The maximum Gasteiger partial charge on any atom is 0.306 e. The van der Waals surface area contributed by atoms with E-state index in [4.69, 9.17) is 5.11 Å². The van der Waals surface area contributed by atoms with Crippen LogP contribution in [0.2, 0.25) is 0 Å². The van der Waals surface area contributed by atoms with E-state index in [1.165, 1.54) is 0 Å². The van der Waals surface area contributed by atoms with E-state index in [0.29, 0.717) is 12.3 Å². The third-order valence-corrected chi connectivity index (χ3v) is 2.25. The van der Waals surface area contributed by atoms with Crippen LogP contribution < -0.4 is 0 Å². The van der Waals surface area contributed by atoms with Crippen molar-refractivity contribution in [1.29, 1.82) is 0 Å². The number of nitrogens with zero attached hydrogens (tertiary/aromatic N) is 1. The largest absolute Gasteiger partial charge is 0.481 e. The molecule has 0 aliphatic heterocycles. The van der Waals surface area contributed by atoms with Crippen molar-refractivity contribution in [3.05, 3.63) is 17.5 Å². The Balaban J connectivity index is 2.56. The molecule has 15 heavy (non-hydrogen) atoms. The van der Waals surface area contributed by atoms with Gasteiger partial charge in [-0.05, 0) is 18.4 Å². The lowest BCUT2D eigenvalue weighted by atomic mass is 10.0. The van der Waals surface area contributed by atoms with Gasteiger partial charge in [0.25, 0.3) is 0 Å². The molecule has 2 N–H and O–H groups in total. The summed E-state index contributed by atoms with van der Waals surface area (Å²) in [5.41, 5.74) is 1.91. The maximum absolute atomic E-state index is 10.7. The quantitative estimate of drug-likeness (QED) is 0.779. The van der Waals surface area contributed by atoms with Crippen LogP contribution in [0.15, 0.2) is 6.07 Å². The molecule has 4 heteroatoms. The third kappa shape index (κ3) is 3.73. The Hall–Kier alpha value is -1.32. The predicted molar refractivity (Wildman–Crippen MR) is 57.6 cm³/mol. The minimum absolute atomic E-state index is 0.375. The van der Waals surface area contributed by atoms with Crippen LogP contribution in [-0.4, -0.2) is 21.3 Å². The Bertz CT molecular complexity index is 331. The number of carboxylic acid groups (broad SMARTS) is 1. The first-order chi connectivity index (χ1) is 6.99. The zero-order valence-corrected chi connectivity index (χ0v) is 9.45. The number of carboxylic acids is 1. The summed E-state index contributed by atoms with van der Waals surface area (Å²) in [6.45, 7) is 5.97. The van der Waals surface area contributed by atoms with Crippen molar-refractivity contribution in [3.8, 4) is 0 Å². The number of hydrogen-bond acceptors (Lipinski definition) is 2. The number of nitrogens with one attached hydrogen (secondary N) is 1. The van der Waals surface area contributed by atoms with Crippen molar-refractivity contribution >= 4 is 5.97 Å². The standard InChI is InChI=1S/C11H18N2O2/c1-7(2)4-9-6-10(13-12-9)5-8(3)11(14)15/h6-8H,4-5H2,1-3H3,(H,12,13)(H,14,15). The van der Waals surface area contributed by atoms with E-state index in [2.05, 4.69) is 24.0 Å². The normalized spacial score (nSPS) is 13.1. The van der Waals surface area contributed by atoms with E-state index in [1.807, 2.05) is 6.07 Å². The van der Waals surface area contributed by atoms with Gasteiger partial charge in [-0.15, -0.1) is 0 Å². The van der Waals surface area contributed by atoms with Crippen LogP contribution >= 0.6 is 0 Å². The zero-order valence-electron chi connectivity index (χ0n) is 9.45. The fourth-order valence-electron chi connectivity index (χ4n) is 1.46. The Morgan fingerprint density at radius 2 is 2.13 bits per heavy atom. The minimum atomic E-state index is -0.775. The molecule has 1 aromatic heterocycles. The number of hydrogen-bond donors (Lipinski definition) is 2. The third-order valence-electron chi connectivity index (χ3n) is 2.25. The zero-order chi connectivity index (χ0) is 11.4. The summed E-state index contributed by atoms with van der Waals surface area (Å²) in [4.78, 5) is 10.7. The number of aromatic amines is 1. The molecular weight excluding hydrogens is 192 g/mol. The van der Waals surface area contributed by atoms with E-state index >= 15 is 0 Å². The summed E-state index contributed by atoms with van der Waals surface area (Å²) in [5, 5.41) is 15.8. The Kier molecular flexibility index (Phi) is 3.88. The summed E-state index contributed by atoms with van der Waals surface area (Å²) >= 11 is 0. The molecule has 0 spiro atoms. The average molecular weight is 210 g/mol. The second-order valence-corrected chi connectivity index (χ2v) is 4.43. The highest BCUT2D eigenvalue weighted by molar-refractivity contribution is 5.69. The van der Waals surface area contributed by atoms with Gasteiger partial charge in [0, 0.05) is 12.1 Å². The van der Waals surface area contributed by atoms with Crippen LogP contribution in [-0.2, 0) is 17.6 Å². The lowest BCUT2D eigenvalue weighted by Crippen LogP contribution is -2.12. The molecule has 0 aliphatic carbocycles. The number of rotatable bonds is 5. The highest BCUT2D eigenvalue weighted by Crippen LogP contribution is 2.10. The summed E-state index contributed by atoms with van der Waals surface area (Å²) < 4.78 is 0. The molecule has 0 bridgehead atoms. The van der Waals surface area contributed by atoms with Crippen molar-refractivity contribution in [3.63, 3.8) is 0 Å². The molecule has 0 aromatic carbocycles. The molecule has 1 aromatic rings. The first kappa shape index (κ1) is 11.8. The van der Waals surface area contributed by atoms with E-state index in [0.717, 1.165) is 17.8 Å². The van der Waals surface area contributed by atoms with Crippen LogP contribution in [0.1, 0.15) is 32.2 Å². The highest BCUT2D eigenvalue weighted by atomic mass is 16.4. The smallest absolute Gasteiger partial charge is 0.306 e. The number of aliphatic carboxylic acids is 1. The van der Waals surface area contributed by atoms with Gasteiger partial charge in [0.2, 0.25) is 0 Å². The van der Waals surface area contributed by atoms with Crippen LogP contribution in [0.5, 0.6) is 0 Å². The summed E-state index contributed by atoms with van der Waals surface area (Å²) in [7, 11) is 0. The van der Waals surface area contributed by atoms with Crippen LogP contribution in [0, 0.1) is 11.8 Å². The van der Waals surface area contributed by atoms with Crippen LogP contribution in [0.25, 0.3) is 0 Å². The monoisotopic (exact) mass is 210 g/mol. The van der Waals surface area contributed by atoms with Crippen LogP contribution in [0.4, 0.5) is 0 Å². The summed E-state index contributed by atoms with van der Waals surface area (Å²) in [6.07, 6.45) is 1.44. The highest BCUT2D eigenvalue weighted by Gasteiger charge is 2.13. The summed E-state index contributed by atoms with van der Waals surface area (Å²) in [5.74, 6) is -0.571. The van der Waals surface area contributed by atoms with Gasteiger partial charge in [0.1, 0.15) is 0 Å². The van der Waals surface area contributed by atoms with E-state index in [1.54, 1.807) is 6.92 Å². The molecule has 1 rings (SSSR count). The van der Waals surface area contributed by atoms with Gasteiger partial charge >= 0.3 is 5.97 Å². The fraction of sp³-hybridized carbons (Fsp3) is 0.636. The first-order valence-electron chi connectivity index (χ1n) is 5.25. The predicted octanol–water partition coefficient (Wildman–Crippen LogP) is 1.87. The molecule has 0 aliphatic rings. The van der Waals surface area contributed by atoms with Crippen molar-refractivity contribution in [2.45, 2.75) is 33.6 Å². The molecule has 1 unspecified atom stereocenters. The molecule has 0 saturated carbocycles. The Morgan fingerprint density at radius 3 is 2.67 bits per heavy atom. The van der Waals surface area contributed by atoms with Gasteiger partial charge in [-0.1, -0.05) is 20.8 Å². The van der Waals surface area contributed by atoms with Gasteiger partial charge < -0.3 is 5.11 Å². The van der Waals surface area contributed by atoms with Gasteiger partial charge in [0.15, 0.2) is 0 Å². The molecular formula is C11H18N2O2. The SMILES string of the molecule is CC(C)Cc1cc(CC(C)C(=O)O)n[nH]1. The first-order valence-corrected chi connectivity index (χ1v) is 5.25. The van der Waals surface area contributed by atoms with Crippen molar-refractivity contribution in [2.24, 2.45) is 11.8 Å². The van der Waals surface area contributed by atoms with E-state index in [9.17, 15) is 4.79 Å². The van der Waals surface area contributed by atoms with Gasteiger partial charge in [0.05, 0.1) is 11.6 Å². The number of aromatic nitrogens is 2. The van der Waals surface area contributed by atoms with Crippen molar-refractivity contribution < 1.29 is 9.90 Å². The topological polar surface area (TPSA) is 66.0 Å². The number of carbonyl (C=O) groups is 1. The molecule has 1 atom stereocenters. The number of H-pyrrole nitrogens is 1.